The monoisotopic (exact) mass is 293 g/mol. The summed E-state index contributed by atoms with van der Waals surface area (Å²) < 4.78 is 5.44. The molecule has 0 radical (unpaired) electrons. The molecule has 21 heavy (non-hydrogen) atoms. The van der Waals surface area contributed by atoms with Crippen LogP contribution in [0.25, 0.3) is 0 Å². The standard InChI is InChI=1S/C15H23N3O3/c1-3-4-7-11(2)17-14(19)10-21-13-9-6-5-8-12(13)15(16)18-20/h5-6,8-9,11,20H,3-4,7,10H2,1-2H3,(H2,16,18)(H,17,19). The van der Waals surface area contributed by atoms with E-state index in [2.05, 4.69) is 17.4 Å². The molecule has 1 rings (SSSR count). The zero-order valence-corrected chi connectivity index (χ0v) is 12.5. The molecule has 116 valence electrons. The van der Waals surface area contributed by atoms with Gasteiger partial charge in [0.15, 0.2) is 12.4 Å². The van der Waals surface area contributed by atoms with Gasteiger partial charge in [-0.05, 0) is 25.5 Å². The van der Waals surface area contributed by atoms with E-state index in [1.807, 2.05) is 6.92 Å². The van der Waals surface area contributed by atoms with Crippen molar-refractivity contribution in [3.05, 3.63) is 29.8 Å². The molecule has 0 heterocycles. The van der Waals surface area contributed by atoms with Crippen molar-refractivity contribution in [2.24, 2.45) is 10.9 Å². The molecule has 4 N–H and O–H groups in total. The Morgan fingerprint density at radius 3 is 2.86 bits per heavy atom. The van der Waals surface area contributed by atoms with E-state index in [0.29, 0.717) is 11.3 Å². The quantitative estimate of drug-likeness (QED) is 0.295. The lowest BCUT2D eigenvalue weighted by molar-refractivity contribution is -0.123. The van der Waals surface area contributed by atoms with Crippen molar-refractivity contribution in [1.82, 2.24) is 5.32 Å². The number of ether oxygens (including phenoxy) is 1. The lowest BCUT2D eigenvalue weighted by Gasteiger charge is -2.14. The van der Waals surface area contributed by atoms with Crippen molar-refractivity contribution in [3.63, 3.8) is 0 Å². The molecule has 0 fully saturated rings. The first-order valence-corrected chi connectivity index (χ1v) is 7.07. The molecule has 1 aromatic carbocycles. The predicted octanol–water partition coefficient (Wildman–Crippen LogP) is 1.85. The van der Waals surface area contributed by atoms with E-state index in [0.717, 1.165) is 19.3 Å². The molecule has 0 aliphatic heterocycles. The number of hydrogen-bond acceptors (Lipinski definition) is 4. The Hall–Kier alpha value is -2.24. The van der Waals surface area contributed by atoms with Gasteiger partial charge in [-0.15, -0.1) is 0 Å². The highest BCUT2D eigenvalue weighted by molar-refractivity contribution is 5.99. The highest BCUT2D eigenvalue weighted by Gasteiger charge is 2.11. The molecule has 6 heteroatoms. The van der Waals surface area contributed by atoms with Crippen LogP contribution in [0.5, 0.6) is 5.75 Å². The van der Waals surface area contributed by atoms with Gasteiger partial charge in [-0.2, -0.15) is 0 Å². The second kappa shape index (κ2) is 8.84. The summed E-state index contributed by atoms with van der Waals surface area (Å²) in [7, 11) is 0. The molecule has 0 aliphatic carbocycles. The van der Waals surface area contributed by atoms with Gasteiger partial charge in [0.1, 0.15) is 5.75 Å². The zero-order valence-electron chi connectivity index (χ0n) is 12.5. The molecular weight excluding hydrogens is 270 g/mol. The van der Waals surface area contributed by atoms with Gasteiger partial charge in [-0.3, -0.25) is 4.79 Å². The second-order valence-corrected chi connectivity index (χ2v) is 4.88. The summed E-state index contributed by atoms with van der Waals surface area (Å²) in [4.78, 5) is 11.8. The minimum absolute atomic E-state index is 0.0534. The molecule has 0 aromatic heterocycles. The first-order chi connectivity index (χ1) is 10.1. The fourth-order valence-corrected chi connectivity index (χ4v) is 1.90. The van der Waals surface area contributed by atoms with Crippen LogP contribution in [0, 0.1) is 0 Å². The van der Waals surface area contributed by atoms with Crippen molar-refractivity contribution in [2.45, 2.75) is 39.2 Å². The van der Waals surface area contributed by atoms with E-state index < -0.39 is 0 Å². The molecule has 1 atom stereocenters. The van der Waals surface area contributed by atoms with Crippen LogP contribution in [0.4, 0.5) is 0 Å². The number of nitrogens with two attached hydrogens (primary N) is 1. The van der Waals surface area contributed by atoms with Gasteiger partial charge in [0, 0.05) is 6.04 Å². The summed E-state index contributed by atoms with van der Waals surface area (Å²) in [5.74, 6) is 0.166. The van der Waals surface area contributed by atoms with E-state index in [9.17, 15) is 4.79 Å². The average molecular weight is 293 g/mol. The van der Waals surface area contributed by atoms with Gasteiger partial charge in [-0.1, -0.05) is 37.1 Å². The number of hydrogen-bond donors (Lipinski definition) is 3. The molecule has 0 saturated heterocycles. The maximum Gasteiger partial charge on any atom is 0.258 e. The number of nitrogens with one attached hydrogen (secondary N) is 1. The predicted molar refractivity (Wildman–Crippen MR) is 81.6 cm³/mol. The molecule has 6 nitrogen and oxygen atoms in total. The van der Waals surface area contributed by atoms with Crippen LogP contribution in [-0.2, 0) is 4.79 Å². The third-order valence-corrected chi connectivity index (χ3v) is 3.03. The number of carbonyl (C=O) groups excluding carboxylic acids is 1. The third-order valence-electron chi connectivity index (χ3n) is 3.03. The minimum Gasteiger partial charge on any atom is -0.483 e. The van der Waals surface area contributed by atoms with Crippen LogP contribution in [-0.4, -0.2) is 29.6 Å². The van der Waals surface area contributed by atoms with Crippen LogP contribution < -0.4 is 15.8 Å². The topological polar surface area (TPSA) is 96.9 Å². The van der Waals surface area contributed by atoms with Crippen LogP contribution in [0.2, 0.25) is 0 Å². The molecule has 1 aromatic rings. The molecule has 0 spiro atoms. The Balaban J connectivity index is 2.54. The first-order valence-electron chi connectivity index (χ1n) is 7.07. The first kappa shape index (κ1) is 16.8. The number of amides is 1. The van der Waals surface area contributed by atoms with Gasteiger partial charge in [0.05, 0.1) is 5.56 Å². The van der Waals surface area contributed by atoms with Crippen LogP contribution in [0.15, 0.2) is 29.4 Å². The number of rotatable bonds is 8. The average Bonchev–Trinajstić information content (AvgIpc) is 2.50. The zero-order chi connectivity index (χ0) is 15.7. The summed E-state index contributed by atoms with van der Waals surface area (Å²) >= 11 is 0. The number of nitrogens with zero attached hydrogens (tertiary/aromatic N) is 1. The smallest absolute Gasteiger partial charge is 0.258 e. The van der Waals surface area contributed by atoms with Gasteiger partial charge in [0.2, 0.25) is 0 Å². The van der Waals surface area contributed by atoms with Gasteiger partial charge < -0.3 is 21.0 Å². The van der Waals surface area contributed by atoms with Gasteiger partial charge in [0.25, 0.3) is 5.91 Å². The molecule has 0 aliphatic rings. The van der Waals surface area contributed by atoms with Crippen molar-refractivity contribution >= 4 is 11.7 Å². The van der Waals surface area contributed by atoms with E-state index in [4.69, 9.17) is 15.7 Å². The van der Waals surface area contributed by atoms with E-state index in [1.54, 1.807) is 24.3 Å². The van der Waals surface area contributed by atoms with Gasteiger partial charge in [-0.25, -0.2) is 0 Å². The van der Waals surface area contributed by atoms with E-state index in [1.165, 1.54) is 0 Å². The summed E-state index contributed by atoms with van der Waals surface area (Å²) in [6.45, 7) is 3.98. The second-order valence-electron chi connectivity index (χ2n) is 4.88. The van der Waals surface area contributed by atoms with E-state index >= 15 is 0 Å². The Morgan fingerprint density at radius 1 is 1.48 bits per heavy atom. The Labute approximate surface area is 125 Å². The fraction of sp³-hybridized carbons (Fsp3) is 0.467. The lowest BCUT2D eigenvalue weighted by atomic mass is 10.1. The summed E-state index contributed by atoms with van der Waals surface area (Å²) in [5.41, 5.74) is 6.01. The largest absolute Gasteiger partial charge is 0.483 e. The number of unbranched alkanes of at least 4 members (excludes halogenated alkanes) is 1. The highest BCUT2D eigenvalue weighted by atomic mass is 16.5. The molecule has 0 saturated carbocycles. The summed E-state index contributed by atoms with van der Waals surface area (Å²) in [5, 5.41) is 14.5. The van der Waals surface area contributed by atoms with Crippen molar-refractivity contribution in [1.29, 1.82) is 0 Å². The molecule has 0 bridgehead atoms. The number of oxime groups is 1. The normalized spacial score (nSPS) is 12.8. The Bertz CT molecular complexity index is 489. The minimum atomic E-state index is -0.187. The maximum atomic E-state index is 11.8. The van der Waals surface area contributed by atoms with Crippen molar-refractivity contribution < 1.29 is 14.7 Å². The number of amidine groups is 1. The van der Waals surface area contributed by atoms with Crippen LogP contribution in [0.3, 0.4) is 0 Å². The number of benzene rings is 1. The molecule has 1 unspecified atom stereocenters. The van der Waals surface area contributed by atoms with Crippen molar-refractivity contribution in [2.75, 3.05) is 6.61 Å². The maximum absolute atomic E-state index is 11.8. The summed E-state index contributed by atoms with van der Waals surface area (Å²) in [6, 6.07) is 6.95. The van der Waals surface area contributed by atoms with Crippen LogP contribution >= 0.6 is 0 Å². The molecular formula is C15H23N3O3. The molecule has 1 amide bonds. The Kier molecular flexibility index (Phi) is 7.08. The highest BCUT2D eigenvalue weighted by Crippen LogP contribution is 2.17. The fourth-order valence-electron chi connectivity index (χ4n) is 1.90. The van der Waals surface area contributed by atoms with Crippen molar-refractivity contribution in [3.8, 4) is 5.75 Å². The van der Waals surface area contributed by atoms with Crippen LogP contribution in [0.1, 0.15) is 38.7 Å². The lowest BCUT2D eigenvalue weighted by Crippen LogP contribution is -2.36. The SMILES string of the molecule is CCCCC(C)NC(=O)COc1ccccc1C(N)=NO. The Morgan fingerprint density at radius 2 is 2.19 bits per heavy atom. The summed E-state index contributed by atoms with van der Waals surface area (Å²) in [6.07, 6.45) is 3.13. The number of para-hydroxylation sites is 1. The third kappa shape index (κ3) is 5.72. The number of carbonyl (C=O) groups is 1. The van der Waals surface area contributed by atoms with E-state index in [-0.39, 0.29) is 24.4 Å². The van der Waals surface area contributed by atoms with Gasteiger partial charge >= 0.3 is 0 Å².